The highest BCUT2D eigenvalue weighted by Crippen LogP contribution is 2.18. The standard InChI is InChI=1S/C13H22N2O3/c1-16-12-6-4-5-10(7-12)15-11(9-14)8-13(17-2)18-3/h4-7,11,13,15H,8-9,14H2,1-3H3. The van der Waals surface area contributed by atoms with Gasteiger partial charge in [0.05, 0.1) is 7.11 Å². The zero-order valence-corrected chi connectivity index (χ0v) is 11.2. The van der Waals surface area contributed by atoms with Crippen molar-refractivity contribution >= 4 is 5.69 Å². The highest BCUT2D eigenvalue weighted by Gasteiger charge is 2.14. The smallest absolute Gasteiger partial charge is 0.158 e. The summed E-state index contributed by atoms with van der Waals surface area (Å²) in [7, 11) is 4.88. The van der Waals surface area contributed by atoms with Crippen LogP contribution in [0, 0.1) is 0 Å². The van der Waals surface area contributed by atoms with Gasteiger partial charge in [-0.3, -0.25) is 0 Å². The predicted molar refractivity (Wildman–Crippen MR) is 71.9 cm³/mol. The Kier molecular flexibility index (Phi) is 6.49. The van der Waals surface area contributed by atoms with Gasteiger partial charge in [0.1, 0.15) is 5.75 Å². The van der Waals surface area contributed by atoms with E-state index in [-0.39, 0.29) is 12.3 Å². The number of hydrogen-bond acceptors (Lipinski definition) is 5. The van der Waals surface area contributed by atoms with Crippen molar-refractivity contribution in [2.24, 2.45) is 5.73 Å². The van der Waals surface area contributed by atoms with Crippen molar-refractivity contribution in [2.75, 3.05) is 33.2 Å². The SMILES string of the molecule is COc1cccc(NC(CN)CC(OC)OC)c1. The van der Waals surface area contributed by atoms with Gasteiger partial charge in [0.25, 0.3) is 0 Å². The van der Waals surface area contributed by atoms with Crippen LogP contribution in [-0.2, 0) is 9.47 Å². The van der Waals surface area contributed by atoms with Crippen LogP contribution in [-0.4, -0.2) is 40.2 Å². The molecule has 1 aromatic carbocycles. The number of hydrogen-bond donors (Lipinski definition) is 2. The molecule has 0 heterocycles. The van der Waals surface area contributed by atoms with Crippen molar-refractivity contribution in [3.05, 3.63) is 24.3 Å². The first-order valence-electron chi connectivity index (χ1n) is 5.89. The van der Waals surface area contributed by atoms with E-state index in [1.807, 2.05) is 24.3 Å². The third-order valence-corrected chi connectivity index (χ3v) is 2.73. The lowest BCUT2D eigenvalue weighted by atomic mass is 10.2. The van der Waals surface area contributed by atoms with Gasteiger partial charge in [-0.15, -0.1) is 0 Å². The molecule has 0 saturated carbocycles. The molecular formula is C13H22N2O3. The Morgan fingerprint density at radius 1 is 1.22 bits per heavy atom. The van der Waals surface area contributed by atoms with Crippen molar-refractivity contribution in [3.8, 4) is 5.75 Å². The molecule has 0 saturated heterocycles. The van der Waals surface area contributed by atoms with E-state index in [0.29, 0.717) is 13.0 Å². The van der Waals surface area contributed by atoms with Gasteiger partial charge in [0.2, 0.25) is 0 Å². The summed E-state index contributed by atoms with van der Waals surface area (Å²) in [5, 5.41) is 3.34. The number of ether oxygens (including phenoxy) is 3. The maximum Gasteiger partial charge on any atom is 0.158 e. The van der Waals surface area contributed by atoms with Crippen LogP contribution in [0.3, 0.4) is 0 Å². The minimum Gasteiger partial charge on any atom is -0.497 e. The van der Waals surface area contributed by atoms with Crippen molar-refractivity contribution in [3.63, 3.8) is 0 Å². The third-order valence-electron chi connectivity index (χ3n) is 2.73. The van der Waals surface area contributed by atoms with Gasteiger partial charge in [-0.05, 0) is 12.1 Å². The molecule has 3 N–H and O–H groups in total. The number of nitrogens with one attached hydrogen (secondary N) is 1. The fraction of sp³-hybridized carbons (Fsp3) is 0.538. The third kappa shape index (κ3) is 4.52. The molecule has 18 heavy (non-hydrogen) atoms. The molecule has 1 unspecified atom stereocenters. The summed E-state index contributed by atoms with van der Waals surface area (Å²) in [6.45, 7) is 0.500. The van der Waals surface area contributed by atoms with E-state index in [1.165, 1.54) is 0 Å². The van der Waals surface area contributed by atoms with Crippen LogP contribution in [0.25, 0.3) is 0 Å². The first-order chi connectivity index (χ1) is 8.73. The lowest BCUT2D eigenvalue weighted by Gasteiger charge is -2.22. The van der Waals surface area contributed by atoms with Crippen LogP contribution in [0.2, 0.25) is 0 Å². The highest BCUT2D eigenvalue weighted by atomic mass is 16.7. The number of benzene rings is 1. The molecule has 0 fully saturated rings. The summed E-state index contributed by atoms with van der Waals surface area (Å²) in [6.07, 6.45) is 0.428. The molecule has 0 bridgehead atoms. The zero-order chi connectivity index (χ0) is 13.4. The Balaban J connectivity index is 2.61. The summed E-state index contributed by atoms with van der Waals surface area (Å²) < 4.78 is 15.5. The lowest BCUT2D eigenvalue weighted by molar-refractivity contribution is -0.107. The summed E-state index contributed by atoms with van der Waals surface area (Å²) in [5.41, 5.74) is 6.71. The summed E-state index contributed by atoms with van der Waals surface area (Å²) in [4.78, 5) is 0. The van der Waals surface area contributed by atoms with Gasteiger partial charge in [0.15, 0.2) is 6.29 Å². The molecule has 102 valence electrons. The lowest BCUT2D eigenvalue weighted by Crippen LogP contribution is -2.34. The van der Waals surface area contributed by atoms with Crippen molar-refractivity contribution in [2.45, 2.75) is 18.8 Å². The van der Waals surface area contributed by atoms with Gasteiger partial charge in [-0.25, -0.2) is 0 Å². The van der Waals surface area contributed by atoms with Crippen LogP contribution in [0.5, 0.6) is 5.75 Å². The van der Waals surface area contributed by atoms with Gasteiger partial charge < -0.3 is 25.3 Å². The molecule has 0 aliphatic heterocycles. The van der Waals surface area contributed by atoms with Crippen molar-refractivity contribution in [1.82, 2.24) is 0 Å². The predicted octanol–water partition coefficient (Wildman–Crippen LogP) is 1.44. The first kappa shape index (κ1) is 14.8. The Labute approximate surface area is 108 Å². The molecule has 1 atom stereocenters. The van der Waals surface area contributed by atoms with E-state index in [2.05, 4.69) is 5.32 Å². The molecule has 1 aromatic rings. The number of nitrogens with two attached hydrogens (primary N) is 1. The summed E-state index contributed by atoms with van der Waals surface area (Å²) in [5.74, 6) is 0.811. The Morgan fingerprint density at radius 3 is 2.50 bits per heavy atom. The van der Waals surface area contributed by atoms with Crippen LogP contribution in [0.4, 0.5) is 5.69 Å². The molecule has 1 rings (SSSR count). The maximum atomic E-state index is 5.74. The van der Waals surface area contributed by atoms with Gasteiger partial charge in [-0.1, -0.05) is 6.07 Å². The Hall–Kier alpha value is -1.30. The van der Waals surface area contributed by atoms with Gasteiger partial charge >= 0.3 is 0 Å². The molecule has 5 nitrogen and oxygen atoms in total. The van der Waals surface area contributed by atoms with Crippen LogP contribution in [0.1, 0.15) is 6.42 Å². The first-order valence-corrected chi connectivity index (χ1v) is 5.89. The fourth-order valence-corrected chi connectivity index (χ4v) is 1.68. The molecule has 0 radical (unpaired) electrons. The second kappa shape index (κ2) is 7.92. The molecular weight excluding hydrogens is 232 g/mol. The monoisotopic (exact) mass is 254 g/mol. The normalized spacial score (nSPS) is 12.5. The van der Waals surface area contributed by atoms with Crippen LogP contribution < -0.4 is 15.8 Å². The van der Waals surface area contributed by atoms with E-state index >= 15 is 0 Å². The maximum absolute atomic E-state index is 5.74. The van der Waals surface area contributed by atoms with Gasteiger partial charge in [-0.2, -0.15) is 0 Å². The van der Waals surface area contributed by atoms with Gasteiger partial charge in [0, 0.05) is 45.0 Å². The number of methoxy groups -OCH3 is 3. The van der Waals surface area contributed by atoms with Crippen LogP contribution in [0.15, 0.2) is 24.3 Å². The van der Waals surface area contributed by atoms with E-state index < -0.39 is 0 Å². The number of rotatable bonds is 8. The Morgan fingerprint density at radius 2 is 1.94 bits per heavy atom. The van der Waals surface area contributed by atoms with E-state index in [9.17, 15) is 0 Å². The minimum absolute atomic E-state index is 0.0852. The largest absolute Gasteiger partial charge is 0.497 e. The average Bonchev–Trinajstić information content (AvgIpc) is 2.43. The van der Waals surface area contributed by atoms with Crippen LogP contribution >= 0.6 is 0 Å². The minimum atomic E-state index is -0.253. The molecule has 0 aromatic heterocycles. The highest BCUT2D eigenvalue weighted by molar-refractivity contribution is 5.48. The van der Waals surface area contributed by atoms with E-state index in [0.717, 1.165) is 11.4 Å². The average molecular weight is 254 g/mol. The topological polar surface area (TPSA) is 65.7 Å². The number of anilines is 1. The molecule has 0 amide bonds. The zero-order valence-electron chi connectivity index (χ0n) is 11.2. The second-order valence-electron chi connectivity index (χ2n) is 3.95. The second-order valence-corrected chi connectivity index (χ2v) is 3.95. The molecule has 0 aliphatic carbocycles. The van der Waals surface area contributed by atoms with Crippen molar-refractivity contribution < 1.29 is 14.2 Å². The summed E-state index contributed by atoms with van der Waals surface area (Å²) in [6, 6.07) is 7.81. The van der Waals surface area contributed by atoms with E-state index in [4.69, 9.17) is 19.9 Å². The molecule has 0 spiro atoms. The molecule has 5 heteroatoms. The van der Waals surface area contributed by atoms with E-state index in [1.54, 1.807) is 21.3 Å². The fourth-order valence-electron chi connectivity index (χ4n) is 1.68. The van der Waals surface area contributed by atoms with Crippen molar-refractivity contribution in [1.29, 1.82) is 0 Å². The summed E-state index contributed by atoms with van der Waals surface area (Å²) >= 11 is 0. The molecule has 0 aliphatic rings. The quantitative estimate of drug-likeness (QED) is 0.687. The Bertz CT molecular complexity index is 343.